The number of amidine groups is 1. The number of nitrogen functional groups attached to an aromatic ring is 1. The maximum absolute atomic E-state index is 7.43. The summed E-state index contributed by atoms with van der Waals surface area (Å²) in [5, 5.41) is 7.43. The second-order valence-electron chi connectivity index (χ2n) is 4.56. The standard InChI is InChI=1S/C16H18N2O2/c1-11-6-7-14(15(8-11)19-2)20-10-12-4-3-5-13(9-12)16(17)18/h3-9H,10H2,1-2H3,(H3,17,18). The van der Waals surface area contributed by atoms with Crippen LogP contribution in [0.3, 0.4) is 0 Å². The van der Waals surface area contributed by atoms with E-state index in [0.29, 0.717) is 23.7 Å². The first-order valence-electron chi connectivity index (χ1n) is 6.31. The first kappa shape index (κ1) is 13.9. The molecule has 0 saturated heterocycles. The highest BCUT2D eigenvalue weighted by Crippen LogP contribution is 2.28. The van der Waals surface area contributed by atoms with Gasteiger partial charge in [0.15, 0.2) is 11.5 Å². The SMILES string of the molecule is COc1cc(C)ccc1OCc1cccc(C(=N)N)c1. The average Bonchev–Trinajstić information content (AvgIpc) is 2.46. The first-order valence-corrected chi connectivity index (χ1v) is 6.31. The van der Waals surface area contributed by atoms with Gasteiger partial charge in [-0.25, -0.2) is 0 Å². The molecule has 20 heavy (non-hydrogen) atoms. The Kier molecular flexibility index (Phi) is 4.25. The number of ether oxygens (including phenoxy) is 2. The van der Waals surface area contributed by atoms with E-state index in [-0.39, 0.29) is 5.84 Å². The fourth-order valence-corrected chi connectivity index (χ4v) is 1.88. The van der Waals surface area contributed by atoms with Gasteiger partial charge in [-0.1, -0.05) is 24.3 Å². The zero-order valence-electron chi connectivity index (χ0n) is 11.6. The second kappa shape index (κ2) is 6.10. The Morgan fingerprint density at radius 3 is 2.65 bits per heavy atom. The zero-order chi connectivity index (χ0) is 14.5. The van der Waals surface area contributed by atoms with E-state index < -0.39 is 0 Å². The molecule has 0 bridgehead atoms. The molecule has 4 heteroatoms. The Bertz CT molecular complexity index is 624. The molecule has 0 aliphatic rings. The summed E-state index contributed by atoms with van der Waals surface area (Å²) >= 11 is 0. The van der Waals surface area contributed by atoms with Crippen molar-refractivity contribution in [2.75, 3.05) is 7.11 Å². The lowest BCUT2D eigenvalue weighted by molar-refractivity contribution is 0.284. The predicted molar refractivity (Wildman–Crippen MR) is 79.5 cm³/mol. The van der Waals surface area contributed by atoms with Crippen LogP contribution in [-0.2, 0) is 6.61 Å². The van der Waals surface area contributed by atoms with E-state index >= 15 is 0 Å². The molecule has 104 valence electrons. The molecule has 4 nitrogen and oxygen atoms in total. The third kappa shape index (κ3) is 3.29. The third-order valence-corrected chi connectivity index (χ3v) is 2.95. The van der Waals surface area contributed by atoms with Gasteiger partial charge in [0.25, 0.3) is 0 Å². The molecule has 0 unspecified atom stereocenters. The summed E-state index contributed by atoms with van der Waals surface area (Å²) in [6, 6.07) is 13.3. The van der Waals surface area contributed by atoms with Gasteiger partial charge in [0.2, 0.25) is 0 Å². The summed E-state index contributed by atoms with van der Waals surface area (Å²) in [4.78, 5) is 0. The quantitative estimate of drug-likeness (QED) is 0.648. The Morgan fingerprint density at radius 1 is 1.15 bits per heavy atom. The van der Waals surface area contributed by atoms with E-state index in [0.717, 1.165) is 11.1 Å². The van der Waals surface area contributed by atoms with Gasteiger partial charge in [0.05, 0.1) is 7.11 Å². The zero-order valence-corrected chi connectivity index (χ0v) is 11.6. The molecule has 3 N–H and O–H groups in total. The van der Waals surface area contributed by atoms with Crippen LogP contribution >= 0.6 is 0 Å². The number of aryl methyl sites for hydroxylation is 1. The van der Waals surface area contributed by atoms with Gasteiger partial charge in [0.1, 0.15) is 12.4 Å². The number of hydrogen-bond donors (Lipinski definition) is 2. The molecular weight excluding hydrogens is 252 g/mol. The van der Waals surface area contributed by atoms with Crippen LogP contribution in [0.25, 0.3) is 0 Å². The summed E-state index contributed by atoms with van der Waals surface area (Å²) in [6.07, 6.45) is 0. The number of nitrogens with one attached hydrogen (secondary N) is 1. The lowest BCUT2D eigenvalue weighted by Gasteiger charge is -2.11. The maximum atomic E-state index is 7.43. The fourth-order valence-electron chi connectivity index (χ4n) is 1.88. The van der Waals surface area contributed by atoms with Gasteiger partial charge in [-0.2, -0.15) is 0 Å². The van der Waals surface area contributed by atoms with E-state index in [4.69, 9.17) is 20.6 Å². The van der Waals surface area contributed by atoms with Crippen molar-refractivity contribution in [3.8, 4) is 11.5 Å². The monoisotopic (exact) mass is 270 g/mol. The topological polar surface area (TPSA) is 68.3 Å². The highest BCUT2D eigenvalue weighted by molar-refractivity contribution is 5.95. The van der Waals surface area contributed by atoms with Crippen LogP contribution in [0.15, 0.2) is 42.5 Å². The molecule has 0 saturated carbocycles. The number of rotatable bonds is 5. The minimum absolute atomic E-state index is 0.0553. The van der Waals surface area contributed by atoms with Gasteiger partial charge >= 0.3 is 0 Å². The molecule has 0 heterocycles. The summed E-state index contributed by atoms with van der Waals surface area (Å²) in [7, 11) is 1.62. The maximum Gasteiger partial charge on any atom is 0.161 e. The van der Waals surface area contributed by atoms with Crippen LogP contribution in [0.1, 0.15) is 16.7 Å². The smallest absolute Gasteiger partial charge is 0.161 e. The molecule has 2 rings (SSSR count). The van der Waals surface area contributed by atoms with Crippen molar-refractivity contribution in [2.24, 2.45) is 5.73 Å². The van der Waals surface area contributed by atoms with Crippen molar-refractivity contribution in [3.63, 3.8) is 0 Å². The van der Waals surface area contributed by atoms with Gasteiger partial charge < -0.3 is 15.2 Å². The summed E-state index contributed by atoms with van der Waals surface area (Å²) in [6.45, 7) is 2.41. The molecule has 2 aromatic carbocycles. The summed E-state index contributed by atoms with van der Waals surface area (Å²) in [5.74, 6) is 1.47. The third-order valence-electron chi connectivity index (χ3n) is 2.95. The average molecular weight is 270 g/mol. The number of methoxy groups -OCH3 is 1. The molecule has 0 aliphatic carbocycles. The van der Waals surface area contributed by atoms with Gasteiger partial charge in [0, 0.05) is 5.56 Å². The Labute approximate surface area is 118 Å². The lowest BCUT2D eigenvalue weighted by Crippen LogP contribution is -2.11. The Balaban J connectivity index is 2.12. The predicted octanol–water partition coefficient (Wildman–Crippen LogP) is 2.87. The highest BCUT2D eigenvalue weighted by Gasteiger charge is 2.05. The van der Waals surface area contributed by atoms with Crippen molar-refractivity contribution in [2.45, 2.75) is 13.5 Å². The summed E-state index contributed by atoms with van der Waals surface area (Å²) < 4.78 is 11.1. The van der Waals surface area contributed by atoms with E-state index in [1.807, 2.05) is 43.3 Å². The van der Waals surface area contributed by atoms with Crippen molar-refractivity contribution in [3.05, 3.63) is 59.2 Å². The lowest BCUT2D eigenvalue weighted by atomic mass is 10.1. The van der Waals surface area contributed by atoms with Crippen LogP contribution in [0, 0.1) is 12.3 Å². The molecule has 2 aromatic rings. The first-order chi connectivity index (χ1) is 9.60. The van der Waals surface area contributed by atoms with E-state index in [2.05, 4.69) is 0 Å². The second-order valence-corrected chi connectivity index (χ2v) is 4.56. The largest absolute Gasteiger partial charge is 0.493 e. The van der Waals surface area contributed by atoms with E-state index in [9.17, 15) is 0 Å². The minimum Gasteiger partial charge on any atom is -0.493 e. The van der Waals surface area contributed by atoms with Gasteiger partial charge in [-0.3, -0.25) is 5.41 Å². The Morgan fingerprint density at radius 2 is 1.95 bits per heavy atom. The molecule has 0 radical (unpaired) electrons. The van der Waals surface area contributed by atoms with Gasteiger partial charge in [-0.15, -0.1) is 0 Å². The molecule has 0 aliphatic heterocycles. The normalized spacial score (nSPS) is 10.1. The van der Waals surface area contributed by atoms with Crippen molar-refractivity contribution < 1.29 is 9.47 Å². The van der Waals surface area contributed by atoms with Crippen LogP contribution in [-0.4, -0.2) is 12.9 Å². The van der Waals surface area contributed by atoms with Crippen molar-refractivity contribution >= 4 is 5.84 Å². The van der Waals surface area contributed by atoms with E-state index in [1.165, 1.54) is 0 Å². The van der Waals surface area contributed by atoms with Crippen LogP contribution in [0.2, 0.25) is 0 Å². The van der Waals surface area contributed by atoms with Crippen molar-refractivity contribution in [1.82, 2.24) is 0 Å². The number of benzene rings is 2. The molecule has 0 aromatic heterocycles. The number of hydrogen-bond acceptors (Lipinski definition) is 3. The molecular formula is C16H18N2O2. The summed E-state index contributed by atoms with van der Waals surface area (Å²) in [5.41, 5.74) is 8.25. The molecule has 0 atom stereocenters. The van der Waals surface area contributed by atoms with Crippen LogP contribution in [0.5, 0.6) is 11.5 Å². The number of nitrogens with two attached hydrogens (primary N) is 1. The molecule has 0 spiro atoms. The van der Waals surface area contributed by atoms with E-state index in [1.54, 1.807) is 13.2 Å². The van der Waals surface area contributed by atoms with Crippen molar-refractivity contribution in [1.29, 1.82) is 5.41 Å². The minimum atomic E-state index is 0.0553. The molecule has 0 fully saturated rings. The van der Waals surface area contributed by atoms with Crippen LogP contribution in [0.4, 0.5) is 0 Å². The Hall–Kier alpha value is -2.49. The molecule has 0 amide bonds. The fraction of sp³-hybridized carbons (Fsp3) is 0.188. The van der Waals surface area contributed by atoms with Gasteiger partial charge in [-0.05, 0) is 36.2 Å². The van der Waals surface area contributed by atoms with Crippen LogP contribution < -0.4 is 15.2 Å². The highest BCUT2D eigenvalue weighted by atomic mass is 16.5.